The van der Waals surface area contributed by atoms with E-state index in [9.17, 15) is 9.59 Å². The van der Waals surface area contributed by atoms with Crippen molar-refractivity contribution < 1.29 is 4.79 Å². The van der Waals surface area contributed by atoms with Gasteiger partial charge in [-0.15, -0.1) is 0 Å². The van der Waals surface area contributed by atoms with E-state index in [0.717, 1.165) is 16.8 Å². The van der Waals surface area contributed by atoms with Gasteiger partial charge in [-0.3, -0.25) is 14.2 Å². The smallest absolute Gasteiger partial charge is 0.266 e. The molecule has 146 valence electrons. The number of para-hydroxylation sites is 1. The van der Waals surface area contributed by atoms with Crippen molar-refractivity contribution in [3.05, 3.63) is 88.0 Å². The first-order chi connectivity index (χ1) is 14.0. The average molecular weight is 404 g/mol. The fourth-order valence-corrected chi connectivity index (χ4v) is 4.31. The van der Waals surface area contributed by atoms with Gasteiger partial charge in [-0.1, -0.05) is 41.6 Å². The summed E-state index contributed by atoms with van der Waals surface area (Å²) in [5, 5.41) is 1.08. The summed E-state index contributed by atoms with van der Waals surface area (Å²) in [6.07, 6.45) is 1.85. The minimum Gasteiger partial charge on any atom is -0.348 e. The molecule has 0 aliphatic heterocycles. The monoisotopic (exact) mass is 403 g/mol. The van der Waals surface area contributed by atoms with E-state index in [-0.39, 0.29) is 17.1 Å². The normalized spacial score (nSPS) is 11.1. The van der Waals surface area contributed by atoms with Crippen LogP contribution in [0.15, 0.2) is 70.7 Å². The Morgan fingerprint density at radius 3 is 2.59 bits per heavy atom. The number of Topliss-reactive ketones (excluding diaryl/α,β-unsaturated/α-hetero) is 1. The van der Waals surface area contributed by atoms with E-state index in [0.29, 0.717) is 21.8 Å². The van der Waals surface area contributed by atoms with Gasteiger partial charge in [0, 0.05) is 13.2 Å². The van der Waals surface area contributed by atoms with Crippen molar-refractivity contribution >= 4 is 28.4 Å². The number of benzene rings is 2. The standard InChI is InChI=1S/C23H21N3O2S/c1-15-10-11-19(16(2)13-15)26-22(28)17-7-4-5-8-18(17)24-23(26)29-14-21(27)20-9-6-12-25(20)3/h4-13H,14H2,1-3H3. The Labute approximate surface area is 173 Å². The third-order valence-corrected chi connectivity index (χ3v) is 5.84. The zero-order valence-electron chi connectivity index (χ0n) is 16.5. The predicted molar refractivity (Wildman–Crippen MR) is 117 cm³/mol. The third-order valence-electron chi connectivity index (χ3n) is 4.90. The molecule has 0 unspecified atom stereocenters. The molecule has 2 heterocycles. The number of thioether (sulfide) groups is 1. The number of carbonyl (C=O) groups excluding carboxylic acids is 1. The lowest BCUT2D eigenvalue weighted by atomic mass is 10.1. The number of aryl methyl sites for hydroxylation is 3. The highest BCUT2D eigenvalue weighted by Crippen LogP contribution is 2.24. The molecule has 0 aliphatic rings. The Hall–Kier alpha value is -3.12. The Bertz CT molecular complexity index is 1290. The summed E-state index contributed by atoms with van der Waals surface area (Å²) in [6, 6.07) is 16.9. The largest absolute Gasteiger partial charge is 0.348 e. The molecule has 4 aromatic rings. The van der Waals surface area contributed by atoms with Crippen molar-refractivity contribution in [1.29, 1.82) is 0 Å². The van der Waals surface area contributed by atoms with Gasteiger partial charge in [-0.2, -0.15) is 0 Å². The van der Waals surface area contributed by atoms with Crippen molar-refractivity contribution in [2.24, 2.45) is 7.05 Å². The summed E-state index contributed by atoms with van der Waals surface area (Å²) < 4.78 is 3.42. The molecule has 0 bridgehead atoms. The number of nitrogens with zero attached hydrogens (tertiary/aromatic N) is 3. The van der Waals surface area contributed by atoms with E-state index in [1.54, 1.807) is 21.3 Å². The lowest BCUT2D eigenvalue weighted by Crippen LogP contribution is -2.23. The maximum absolute atomic E-state index is 13.3. The molecule has 0 N–H and O–H groups in total. The van der Waals surface area contributed by atoms with Gasteiger partial charge in [-0.25, -0.2) is 4.98 Å². The van der Waals surface area contributed by atoms with E-state index < -0.39 is 0 Å². The molecule has 0 radical (unpaired) electrons. The topological polar surface area (TPSA) is 56.9 Å². The minimum atomic E-state index is -0.128. The van der Waals surface area contributed by atoms with Crippen LogP contribution in [0.1, 0.15) is 21.6 Å². The lowest BCUT2D eigenvalue weighted by molar-refractivity contribution is 0.101. The first-order valence-corrected chi connectivity index (χ1v) is 10.3. The highest BCUT2D eigenvalue weighted by Gasteiger charge is 2.17. The fourth-order valence-electron chi connectivity index (χ4n) is 3.43. The molecule has 0 fully saturated rings. The number of hydrogen-bond acceptors (Lipinski definition) is 4. The molecule has 0 amide bonds. The molecule has 5 nitrogen and oxygen atoms in total. The summed E-state index contributed by atoms with van der Waals surface area (Å²) in [5.74, 6) is 0.199. The minimum absolute atomic E-state index is 0.00270. The predicted octanol–water partition coefficient (Wildman–Crippen LogP) is 4.32. The van der Waals surface area contributed by atoms with Gasteiger partial charge >= 0.3 is 0 Å². The van der Waals surface area contributed by atoms with E-state index in [1.807, 2.05) is 69.6 Å². The maximum atomic E-state index is 13.3. The van der Waals surface area contributed by atoms with Crippen LogP contribution in [0.2, 0.25) is 0 Å². The van der Waals surface area contributed by atoms with Crippen LogP contribution in [0, 0.1) is 13.8 Å². The summed E-state index contributed by atoms with van der Waals surface area (Å²) in [7, 11) is 1.85. The third kappa shape index (κ3) is 3.63. The van der Waals surface area contributed by atoms with Crippen LogP contribution in [-0.4, -0.2) is 25.7 Å². The number of ketones is 1. The van der Waals surface area contributed by atoms with Gasteiger partial charge in [0.15, 0.2) is 10.9 Å². The number of rotatable bonds is 5. The second-order valence-corrected chi connectivity index (χ2v) is 8.00. The molecular weight excluding hydrogens is 382 g/mol. The zero-order valence-corrected chi connectivity index (χ0v) is 17.4. The summed E-state index contributed by atoms with van der Waals surface area (Å²) in [5.41, 5.74) is 4.04. The Balaban J connectivity index is 1.82. The van der Waals surface area contributed by atoms with Crippen LogP contribution in [0.3, 0.4) is 0 Å². The van der Waals surface area contributed by atoms with Crippen molar-refractivity contribution in [3.8, 4) is 5.69 Å². The summed E-state index contributed by atoms with van der Waals surface area (Å²) in [4.78, 5) is 30.7. The number of fused-ring (bicyclic) bond motifs is 1. The fraction of sp³-hybridized carbons (Fsp3) is 0.174. The van der Waals surface area contributed by atoms with Gasteiger partial charge in [0.2, 0.25) is 0 Å². The van der Waals surface area contributed by atoms with Crippen LogP contribution in [0.25, 0.3) is 16.6 Å². The Morgan fingerprint density at radius 2 is 1.86 bits per heavy atom. The highest BCUT2D eigenvalue weighted by molar-refractivity contribution is 7.99. The second-order valence-electron chi connectivity index (χ2n) is 7.06. The SMILES string of the molecule is Cc1ccc(-n2c(SCC(=O)c3cccn3C)nc3ccccc3c2=O)c(C)c1. The van der Waals surface area contributed by atoms with E-state index >= 15 is 0 Å². The number of aromatic nitrogens is 3. The van der Waals surface area contributed by atoms with E-state index in [1.165, 1.54) is 11.8 Å². The van der Waals surface area contributed by atoms with Crippen molar-refractivity contribution in [2.45, 2.75) is 19.0 Å². The van der Waals surface area contributed by atoms with Gasteiger partial charge in [0.1, 0.15) is 0 Å². The second kappa shape index (κ2) is 7.72. The van der Waals surface area contributed by atoms with Gasteiger partial charge < -0.3 is 4.57 Å². The molecular formula is C23H21N3O2S. The first-order valence-electron chi connectivity index (χ1n) is 9.32. The Morgan fingerprint density at radius 1 is 1.07 bits per heavy atom. The molecule has 4 rings (SSSR count). The molecule has 0 saturated heterocycles. The van der Waals surface area contributed by atoms with Crippen LogP contribution in [-0.2, 0) is 7.05 Å². The molecule has 6 heteroatoms. The van der Waals surface area contributed by atoms with Crippen molar-refractivity contribution in [1.82, 2.24) is 14.1 Å². The number of carbonyl (C=O) groups is 1. The van der Waals surface area contributed by atoms with E-state index in [2.05, 4.69) is 0 Å². The molecule has 0 saturated carbocycles. The molecule has 0 spiro atoms. The average Bonchev–Trinajstić information content (AvgIpc) is 3.13. The number of hydrogen-bond donors (Lipinski definition) is 0. The maximum Gasteiger partial charge on any atom is 0.266 e. The van der Waals surface area contributed by atoms with Crippen LogP contribution in [0.4, 0.5) is 0 Å². The van der Waals surface area contributed by atoms with Crippen molar-refractivity contribution in [3.63, 3.8) is 0 Å². The summed E-state index contributed by atoms with van der Waals surface area (Å²) >= 11 is 1.29. The van der Waals surface area contributed by atoms with Crippen LogP contribution in [0.5, 0.6) is 0 Å². The molecule has 2 aromatic heterocycles. The van der Waals surface area contributed by atoms with Gasteiger partial charge in [0.25, 0.3) is 5.56 Å². The zero-order chi connectivity index (χ0) is 20.5. The van der Waals surface area contributed by atoms with Crippen LogP contribution < -0.4 is 5.56 Å². The van der Waals surface area contributed by atoms with Crippen molar-refractivity contribution in [2.75, 3.05) is 5.75 Å². The lowest BCUT2D eigenvalue weighted by Gasteiger charge is -2.15. The van der Waals surface area contributed by atoms with Gasteiger partial charge in [0.05, 0.1) is 28.0 Å². The Kier molecular flexibility index (Phi) is 5.11. The van der Waals surface area contributed by atoms with E-state index in [4.69, 9.17) is 4.98 Å². The summed E-state index contributed by atoms with van der Waals surface area (Å²) in [6.45, 7) is 4.00. The molecule has 2 aromatic carbocycles. The van der Waals surface area contributed by atoms with Crippen LogP contribution >= 0.6 is 11.8 Å². The molecule has 0 atom stereocenters. The molecule has 0 aliphatic carbocycles. The van der Waals surface area contributed by atoms with Gasteiger partial charge in [-0.05, 0) is 49.7 Å². The highest BCUT2D eigenvalue weighted by atomic mass is 32.2. The first kappa shape index (κ1) is 19.2. The quantitative estimate of drug-likeness (QED) is 0.283. The molecule has 29 heavy (non-hydrogen) atoms.